The third-order valence-electron chi connectivity index (χ3n) is 1.47. The number of hydrogen-bond acceptors (Lipinski definition) is 2. The van der Waals surface area contributed by atoms with E-state index in [9.17, 15) is 4.39 Å². The van der Waals surface area contributed by atoms with Crippen molar-refractivity contribution >= 4 is 0 Å². The SMILES string of the molecule is COc1cc(C)c(O)cc1F. The van der Waals surface area contributed by atoms with E-state index in [0.29, 0.717) is 5.56 Å². The van der Waals surface area contributed by atoms with Crippen molar-refractivity contribution in [3.05, 3.63) is 23.5 Å². The van der Waals surface area contributed by atoms with Crippen LogP contribution in [0.25, 0.3) is 0 Å². The minimum atomic E-state index is -0.546. The van der Waals surface area contributed by atoms with Gasteiger partial charge in [0.2, 0.25) is 0 Å². The number of phenols is 1. The smallest absolute Gasteiger partial charge is 0.168 e. The van der Waals surface area contributed by atoms with Gasteiger partial charge in [-0.15, -0.1) is 0 Å². The Bertz CT molecular complexity index is 271. The van der Waals surface area contributed by atoms with Crippen LogP contribution in [0.5, 0.6) is 11.5 Å². The molecule has 0 radical (unpaired) electrons. The fourth-order valence-corrected chi connectivity index (χ4v) is 0.801. The van der Waals surface area contributed by atoms with Crippen molar-refractivity contribution in [2.75, 3.05) is 7.11 Å². The third kappa shape index (κ3) is 1.42. The van der Waals surface area contributed by atoms with Crippen LogP contribution in [0, 0.1) is 12.7 Å². The molecule has 0 fully saturated rings. The van der Waals surface area contributed by atoms with Crippen LogP contribution in [-0.2, 0) is 0 Å². The zero-order valence-corrected chi connectivity index (χ0v) is 6.39. The highest BCUT2D eigenvalue weighted by atomic mass is 19.1. The van der Waals surface area contributed by atoms with E-state index < -0.39 is 5.82 Å². The Morgan fingerprint density at radius 2 is 2.09 bits per heavy atom. The predicted molar refractivity (Wildman–Crippen MR) is 39.4 cm³/mol. The molecule has 1 N–H and O–H groups in total. The van der Waals surface area contributed by atoms with Crippen molar-refractivity contribution in [2.24, 2.45) is 0 Å². The summed E-state index contributed by atoms with van der Waals surface area (Å²) in [5, 5.41) is 9.02. The van der Waals surface area contributed by atoms with Crippen LogP contribution in [0.2, 0.25) is 0 Å². The Balaban J connectivity index is 3.21. The molecule has 3 heteroatoms. The van der Waals surface area contributed by atoms with Gasteiger partial charge in [0.15, 0.2) is 11.6 Å². The zero-order valence-electron chi connectivity index (χ0n) is 6.39. The highest BCUT2D eigenvalue weighted by molar-refractivity contribution is 5.39. The predicted octanol–water partition coefficient (Wildman–Crippen LogP) is 1.85. The van der Waals surface area contributed by atoms with Crippen LogP contribution in [0.1, 0.15) is 5.56 Å². The second-order valence-electron chi connectivity index (χ2n) is 2.27. The second kappa shape index (κ2) is 2.78. The van der Waals surface area contributed by atoms with E-state index in [1.807, 2.05) is 0 Å². The first-order chi connectivity index (χ1) is 5.15. The summed E-state index contributed by atoms with van der Waals surface area (Å²) in [5.74, 6) is -0.445. The first-order valence-corrected chi connectivity index (χ1v) is 3.18. The first-order valence-electron chi connectivity index (χ1n) is 3.18. The standard InChI is InChI=1S/C8H9FO2/c1-5-3-8(11-2)6(9)4-7(5)10/h3-4,10H,1-2H3. The van der Waals surface area contributed by atoms with E-state index in [4.69, 9.17) is 9.84 Å². The lowest BCUT2D eigenvalue weighted by Crippen LogP contribution is -1.88. The molecule has 0 unspecified atom stereocenters. The Labute approximate surface area is 64.2 Å². The number of aryl methyl sites for hydroxylation is 1. The third-order valence-corrected chi connectivity index (χ3v) is 1.47. The minimum absolute atomic E-state index is 0.0525. The number of methoxy groups -OCH3 is 1. The fourth-order valence-electron chi connectivity index (χ4n) is 0.801. The van der Waals surface area contributed by atoms with Gasteiger partial charge in [0.1, 0.15) is 5.75 Å². The number of benzene rings is 1. The molecular weight excluding hydrogens is 147 g/mol. The van der Waals surface area contributed by atoms with Crippen LogP contribution < -0.4 is 4.74 Å². The van der Waals surface area contributed by atoms with Gasteiger partial charge in [-0.3, -0.25) is 0 Å². The van der Waals surface area contributed by atoms with Gasteiger partial charge in [-0.1, -0.05) is 0 Å². The minimum Gasteiger partial charge on any atom is -0.508 e. The average molecular weight is 156 g/mol. The van der Waals surface area contributed by atoms with Gasteiger partial charge in [-0.05, 0) is 18.6 Å². The van der Waals surface area contributed by atoms with Crippen LogP contribution >= 0.6 is 0 Å². The maximum Gasteiger partial charge on any atom is 0.168 e. The molecule has 0 spiro atoms. The lowest BCUT2D eigenvalue weighted by molar-refractivity contribution is 0.381. The number of halogens is 1. The van der Waals surface area contributed by atoms with E-state index in [1.54, 1.807) is 6.92 Å². The van der Waals surface area contributed by atoms with E-state index in [0.717, 1.165) is 6.07 Å². The molecule has 0 amide bonds. The number of aromatic hydroxyl groups is 1. The van der Waals surface area contributed by atoms with Crippen molar-refractivity contribution in [3.63, 3.8) is 0 Å². The van der Waals surface area contributed by atoms with Crippen molar-refractivity contribution in [2.45, 2.75) is 6.92 Å². The maximum atomic E-state index is 12.7. The van der Waals surface area contributed by atoms with Gasteiger partial charge in [0.25, 0.3) is 0 Å². The molecular formula is C8H9FO2. The van der Waals surface area contributed by atoms with Gasteiger partial charge in [-0.25, -0.2) is 4.39 Å². The second-order valence-corrected chi connectivity index (χ2v) is 2.27. The lowest BCUT2D eigenvalue weighted by atomic mass is 10.2. The molecule has 1 aromatic carbocycles. The van der Waals surface area contributed by atoms with Crippen molar-refractivity contribution in [1.29, 1.82) is 0 Å². The normalized spacial score (nSPS) is 9.73. The molecule has 0 aromatic heterocycles. The highest BCUT2D eigenvalue weighted by Gasteiger charge is 2.05. The van der Waals surface area contributed by atoms with E-state index in [1.165, 1.54) is 13.2 Å². The van der Waals surface area contributed by atoms with Gasteiger partial charge >= 0.3 is 0 Å². The molecule has 2 nitrogen and oxygen atoms in total. The first kappa shape index (κ1) is 7.85. The summed E-state index contributed by atoms with van der Waals surface area (Å²) in [6.45, 7) is 1.68. The van der Waals surface area contributed by atoms with E-state index >= 15 is 0 Å². The molecule has 0 atom stereocenters. The van der Waals surface area contributed by atoms with Crippen molar-refractivity contribution < 1.29 is 14.2 Å². The molecule has 0 aliphatic heterocycles. The molecule has 0 heterocycles. The summed E-state index contributed by atoms with van der Waals surface area (Å²) in [6, 6.07) is 2.48. The summed E-state index contributed by atoms with van der Waals surface area (Å²) in [7, 11) is 1.38. The summed E-state index contributed by atoms with van der Waals surface area (Å²) < 4.78 is 17.4. The fraction of sp³-hybridized carbons (Fsp3) is 0.250. The van der Waals surface area contributed by atoms with Gasteiger partial charge in [-0.2, -0.15) is 0 Å². The quantitative estimate of drug-likeness (QED) is 0.672. The number of ether oxygens (including phenoxy) is 1. The van der Waals surface area contributed by atoms with Gasteiger partial charge < -0.3 is 9.84 Å². The van der Waals surface area contributed by atoms with E-state index in [-0.39, 0.29) is 11.5 Å². The summed E-state index contributed by atoms with van der Waals surface area (Å²) in [5.41, 5.74) is 0.600. The molecule has 1 aromatic rings. The number of phenolic OH excluding ortho intramolecular Hbond substituents is 1. The van der Waals surface area contributed by atoms with Crippen molar-refractivity contribution in [3.8, 4) is 11.5 Å². The number of rotatable bonds is 1. The van der Waals surface area contributed by atoms with Crippen molar-refractivity contribution in [1.82, 2.24) is 0 Å². The van der Waals surface area contributed by atoms with Gasteiger partial charge in [0.05, 0.1) is 7.11 Å². The molecule has 0 bridgehead atoms. The molecule has 0 saturated heterocycles. The van der Waals surface area contributed by atoms with E-state index in [2.05, 4.69) is 0 Å². The summed E-state index contributed by atoms with van der Waals surface area (Å²) in [4.78, 5) is 0. The Hall–Kier alpha value is -1.25. The molecule has 60 valence electrons. The average Bonchev–Trinajstić information content (AvgIpc) is 1.97. The number of hydrogen-bond donors (Lipinski definition) is 1. The Morgan fingerprint density at radius 3 is 2.64 bits per heavy atom. The Kier molecular flexibility index (Phi) is 1.98. The Morgan fingerprint density at radius 1 is 1.45 bits per heavy atom. The molecule has 0 saturated carbocycles. The maximum absolute atomic E-state index is 12.7. The highest BCUT2D eigenvalue weighted by Crippen LogP contribution is 2.25. The van der Waals surface area contributed by atoms with Crippen LogP contribution in [0.4, 0.5) is 4.39 Å². The zero-order chi connectivity index (χ0) is 8.43. The van der Waals surface area contributed by atoms with Crippen LogP contribution in [0.15, 0.2) is 12.1 Å². The lowest BCUT2D eigenvalue weighted by Gasteiger charge is -2.03. The monoisotopic (exact) mass is 156 g/mol. The molecule has 11 heavy (non-hydrogen) atoms. The molecule has 0 aliphatic carbocycles. The summed E-state index contributed by atoms with van der Waals surface area (Å²) >= 11 is 0. The molecule has 0 aliphatic rings. The largest absolute Gasteiger partial charge is 0.508 e. The van der Waals surface area contributed by atoms with Gasteiger partial charge in [0, 0.05) is 6.07 Å². The van der Waals surface area contributed by atoms with Crippen LogP contribution in [0.3, 0.4) is 0 Å². The topological polar surface area (TPSA) is 29.5 Å². The molecule has 1 rings (SSSR count). The van der Waals surface area contributed by atoms with Crippen LogP contribution in [-0.4, -0.2) is 12.2 Å². The summed E-state index contributed by atoms with van der Waals surface area (Å²) in [6.07, 6.45) is 0.